The zero-order chi connectivity index (χ0) is 22.6. The van der Waals surface area contributed by atoms with Crippen molar-refractivity contribution in [2.45, 2.75) is 27.7 Å². The van der Waals surface area contributed by atoms with E-state index in [1.54, 1.807) is 36.4 Å². The van der Waals surface area contributed by atoms with E-state index < -0.39 is 0 Å². The largest absolute Gasteiger partial charge is 0.427 e. The molecule has 1 aliphatic rings. The van der Waals surface area contributed by atoms with Gasteiger partial charge in [-0.25, -0.2) is 0 Å². The molecular formula is C24H29N3O4. The van der Waals surface area contributed by atoms with Crippen LogP contribution in [0.3, 0.4) is 0 Å². The number of rotatable bonds is 4. The summed E-state index contributed by atoms with van der Waals surface area (Å²) in [6, 6.07) is 14.1. The van der Waals surface area contributed by atoms with Crippen LogP contribution in [0.4, 0.5) is 11.4 Å². The molecule has 2 aromatic carbocycles. The summed E-state index contributed by atoms with van der Waals surface area (Å²) in [4.78, 5) is 40.1. The number of piperazine rings is 1. The van der Waals surface area contributed by atoms with Crippen LogP contribution in [0.2, 0.25) is 0 Å². The molecule has 2 aromatic rings. The lowest BCUT2D eigenvalue weighted by atomic mass is 9.94. The predicted octanol–water partition coefficient (Wildman–Crippen LogP) is 3.56. The molecule has 164 valence electrons. The first-order chi connectivity index (χ1) is 14.6. The first kappa shape index (κ1) is 22.3. The summed E-state index contributed by atoms with van der Waals surface area (Å²) < 4.78 is 4.99. The van der Waals surface area contributed by atoms with E-state index in [9.17, 15) is 14.4 Å². The van der Waals surface area contributed by atoms with Crippen molar-refractivity contribution in [3.63, 3.8) is 0 Å². The molecule has 0 saturated carbocycles. The van der Waals surface area contributed by atoms with Gasteiger partial charge in [-0.2, -0.15) is 0 Å². The Hall–Kier alpha value is -3.35. The molecule has 0 aromatic heterocycles. The van der Waals surface area contributed by atoms with Gasteiger partial charge in [0, 0.05) is 55.5 Å². The molecule has 0 aliphatic carbocycles. The zero-order valence-corrected chi connectivity index (χ0v) is 18.5. The van der Waals surface area contributed by atoms with Crippen molar-refractivity contribution in [2.75, 3.05) is 36.4 Å². The number of hydrogen-bond acceptors (Lipinski definition) is 5. The minimum absolute atomic E-state index is 0.181. The molecule has 2 amide bonds. The van der Waals surface area contributed by atoms with Crippen LogP contribution in [0.1, 0.15) is 38.1 Å². The summed E-state index contributed by atoms with van der Waals surface area (Å²) in [5.74, 6) is 0.00526. The first-order valence-corrected chi connectivity index (χ1v) is 10.4. The molecule has 7 nitrogen and oxygen atoms in total. The SMILES string of the molecule is CC(=O)Oc1ccc(NC(=O)c2ccc(N3CCN(C(=O)C(C)(C)C)CC3)cc2)cc1. The highest BCUT2D eigenvalue weighted by Gasteiger charge is 2.29. The van der Waals surface area contributed by atoms with E-state index in [0.29, 0.717) is 30.1 Å². The van der Waals surface area contributed by atoms with E-state index in [0.717, 1.165) is 18.8 Å². The van der Waals surface area contributed by atoms with E-state index in [2.05, 4.69) is 10.2 Å². The molecule has 0 spiro atoms. The normalized spacial score (nSPS) is 14.2. The fourth-order valence-corrected chi connectivity index (χ4v) is 3.44. The molecule has 1 fully saturated rings. The Bertz CT molecular complexity index is 938. The average Bonchev–Trinajstić information content (AvgIpc) is 2.74. The molecule has 0 unspecified atom stereocenters. The van der Waals surface area contributed by atoms with Gasteiger partial charge in [-0.05, 0) is 48.5 Å². The number of esters is 1. The fraction of sp³-hybridized carbons (Fsp3) is 0.375. The average molecular weight is 424 g/mol. The van der Waals surface area contributed by atoms with Crippen molar-refractivity contribution in [3.05, 3.63) is 54.1 Å². The Labute approximate surface area is 183 Å². The molecule has 0 atom stereocenters. The van der Waals surface area contributed by atoms with Crippen LogP contribution in [0, 0.1) is 5.41 Å². The van der Waals surface area contributed by atoms with Gasteiger partial charge in [0.05, 0.1) is 0 Å². The van der Waals surface area contributed by atoms with Crippen LogP contribution in [0.5, 0.6) is 5.75 Å². The molecule has 3 rings (SSSR count). The van der Waals surface area contributed by atoms with Gasteiger partial charge in [0.2, 0.25) is 5.91 Å². The second kappa shape index (κ2) is 9.20. The maximum absolute atomic E-state index is 12.5. The van der Waals surface area contributed by atoms with Gasteiger partial charge in [0.25, 0.3) is 5.91 Å². The Morgan fingerprint density at radius 2 is 1.45 bits per heavy atom. The Kier molecular flexibility index (Phi) is 6.63. The summed E-state index contributed by atoms with van der Waals surface area (Å²) in [7, 11) is 0. The highest BCUT2D eigenvalue weighted by molar-refractivity contribution is 6.04. The lowest BCUT2D eigenvalue weighted by Crippen LogP contribution is -2.51. The van der Waals surface area contributed by atoms with Crippen LogP contribution in [-0.4, -0.2) is 48.9 Å². The third-order valence-corrected chi connectivity index (χ3v) is 5.08. The van der Waals surface area contributed by atoms with Crippen LogP contribution in [0.15, 0.2) is 48.5 Å². The predicted molar refractivity (Wildman–Crippen MR) is 120 cm³/mol. The minimum Gasteiger partial charge on any atom is -0.427 e. The molecule has 1 aliphatic heterocycles. The van der Waals surface area contributed by atoms with E-state index in [-0.39, 0.29) is 23.2 Å². The smallest absolute Gasteiger partial charge is 0.308 e. The number of ether oxygens (including phenoxy) is 1. The summed E-state index contributed by atoms with van der Waals surface area (Å²) in [5, 5.41) is 2.83. The van der Waals surface area contributed by atoms with Crippen molar-refractivity contribution in [1.82, 2.24) is 4.90 Å². The van der Waals surface area contributed by atoms with E-state index >= 15 is 0 Å². The maximum Gasteiger partial charge on any atom is 0.308 e. The molecule has 1 N–H and O–H groups in total. The standard InChI is InChI=1S/C24H29N3O4/c1-17(28)31-21-11-7-19(8-12-21)25-22(29)18-5-9-20(10-6-18)26-13-15-27(16-14-26)23(30)24(2,3)4/h5-12H,13-16H2,1-4H3,(H,25,29). The Morgan fingerprint density at radius 1 is 0.871 bits per heavy atom. The van der Waals surface area contributed by atoms with Gasteiger partial charge in [0.15, 0.2) is 0 Å². The van der Waals surface area contributed by atoms with Gasteiger partial charge in [-0.1, -0.05) is 20.8 Å². The number of amides is 2. The van der Waals surface area contributed by atoms with Crippen molar-refractivity contribution in [3.8, 4) is 5.75 Å². The van der Waals surface area contributed by atoms with Crippen LogP contribution >= 0.6 is 0 Å². The molecular weight excluding hydrogens is 394 g/mol. The summed E-state index contributed by atoms with van der Waals surface area (Å²) >= 11 is 0. The van der Waals surface area contributed by atoms with Gasteiger partial charge >= 0.3 is 5.97 Å². The number of benzene rings is 2. The third kappa shape index (κ3) is 5.84. The first-order valence-electron chi connectivity index (χ1n) is 10.4. The van der Waals surface area contributed by atoms with Crippen molar-refractivity contribution >= 4 is 29.2 Å². The van der Waals surface area contributed by atoms with Gasteiger partial charge < -0.3 is 19.9 Å². The molecule has 0 bridgehead atoms. The minimum atomic E-state index is -0.390. The number of carbonyl (C=O) groups excluding carboxylic acids is 3. The topological polar surface area (TPSA) is 79.0 Å². The molecule has 0 radical (unpaired) electrons. The van der Waals surface area contributed by atoms with Gasteiger partial charge in [-0.3, -0.25) is 14.4 Å². The van der Waals surface area contributed by atoms with E-state index in [1.807, 2.05) is 37.8 Å². The summed E-state index contributed by atoms with van der Waals surface area (Å²) in [6.45, 7) is 10.1. The maximum atomic E-state index is 12.5. The quantitative estimate of drug-likeness (QED) is 0.601. The van der Waals surface area contributed by atoms with Crippen LogP contribution in [0.25, 0.3) is 0 Å². The monoisotopic (exact) mass is 423 g/mol. The highest BCUT2D eigenvalue weighted by atomic mass is 16.5. The molecule has 7 heteroatoms. The molecule has 1 saturated heterocycles. The molecule has 1 heterocycles. The van der Waals surface area contributed by atoms with Crippen LogP contribution < -0.4 is 15.0 Å². The second-order valence-corrected chi connectivity index (χ2v) is 8.65. The van der Waals surface area contributed by atoms with E-state index in [4.69, 9.17) is 4.74 Å². The number of hydrogen-bond donors (Lipinski definition) is 1. The summed E-state index contributed by atoms with van der Waals surface area (Å²) in [6.07, 6.45) is 0. The zero-order valence-electron chi connectivity index (χ0n) is 18.5. The highest BCUT2D eigenvalue weighted by Crippen LogP contribution is 2.22. The number of anilines is 2. The number of nitrogens with zero attached hydrogens (tertiary/aromatic N) is 2. The lowest BCUT2D eigenvalue weighted by Gasteiger charge is -2.38. The van der Waals surface area contributed by atoms with Crippen LogP contribution in [-0.2, 0) is 9.59 Å². The Morgan fingerprint density at radius 3 is 1.97 bits per heavy atom. The van der Waals surface area contributed by atoms with Gasteiger partial charge in [-0.15, -0.1) is 0 Å². The van der Waals surface area contributed by atoms with E-state index in [1.165, 1.54) is 6.92 Å². The molecule has 31 heavy (non-hydrogen) atoms. The summed E-state index contributed by atoms with van der Waals surface area (Å²) in [5.41, 5.74) is 1.84. The number of nitrogens with one attached hydrogen (secondary N) is 1. The van der Waals surface area contributed by atoms with Crippen molar-refractivity contribution in [2.24, 2.45) is 5.41 Å². The lowest BCUT2D eigenvalue weighted by molar-refractivity contribution is -0.139. The second-order valence-electron chi connectivity index (χ2n) is 8.65. The third-order valence-electron chi connectivity index (χ3n) is 5.08. The van der Waals surface area contributed by atoms with Crippen molar-refractivity contribution < 1.29 is 19.1 Å². The Balaban J connectivity index is 1.56. The van der Waals surface area contributed by atoms with Gasteiger partial charge in [0.1, 0.15) is 5.75 Å². The van der Waals surface area contributed by atoms with Crippen molar-refractivity contribution in [1.29, 1.82) is 0 Å². The number of carbonyl (C=O) groups is 3. The fourth-order valence-electron chi connectivity index (χ4n) is 3.44.